The highest BCUT2D eigenvalue weighted by Gasteiger charge is 2.11. The van der Waals surface area contributed by atoms with Crippen LogP contribution in [0.25, 0.3) is 0 Å². The third-order valence-corrected chi connectivity index (χ3v) is 2.08. The SMILES string of the molecule is CCCCCCCOC(=O)C(=O)O.c1ccoc1. The number of carboxylic acids is 1. The van der Waals surface area contributed by atoms with Gasteiger partial charge in [-0.1, -0.05) is 32.6 Å². The second-order valence-electron chi connectivity index (χ2n) is 3.65. The first-order chi connectivity index (χ1) is 8.68. The first-order valence-corrected chi connectivity index (χ1v) is 6.05. The summed E-state index contributed by atoms with van der Waals surface area (Å²) in [5, 5.41) is 8.15. The highest BCUT2D eigenvalue weighted by atomic mass is 16.6. The van der Waals surface area contributed by atoms with Gasteiger partial charge in [0.05, 0.1) is 19.1 Å². The van der Waals surface area contributed by atoms with Gasteiger partial charge in [-0.05, 0) is 18.6 Å². The molecule has 0 aliphatic heterocycles. The number of hydrogen-bond acceptors (Lipinski definition) is 4. The van der Waals surface area contributed by atoms with Gasteiger partial charge in [-0.3, -0.25) is 0 Å². The van der Waals surface area contributed by atoms with Gasteiger partial charge in [-0.2, -0.15) is 0 Å². The number of hydrogen-bond donors (Lipinski definition) is 1. The van der Waals surface area contributed by atoms with Crippen molar-refractivity contribution < 1.29 is 23.8 Å². The summed E-state index contributed by atoms with van der Waals surface area (Å²) >= 11 is 0. The summed E-state index contributed by atoms with van der Waals surface area (Å²) in [5.41, 5.74) is 0. The lowest BCUT2D eigenvalue weighted by molar-refractivity contribution is -0.163. The molecule has 0 fully saturated rings. The summed E-state index contributed by atoms with van der Waals surface area (Å²) in [6.45, 7) is 2.33. The number of carbonyl (C=O) groups excluding carboxylic acids is 1. The van der Waals surface area contributed by atoms with Gasteiger partial charge in [0.2, 0.25) is 0 Å². The largest absolute Gasteiger partial charge is 0.473 e. The first kappa shape index (κ1) is 16.2. The predicted octanol–water partition coefficient (Wildman–Crippen LogP) is 2.86. The maximum Gasteiger partial charge on any atom is 0.417 e. The minimum atomic E-state index is -1.52. The molecule has 102 valence electrons. The molecule has 5 heteroatoms. The molecule has 0 aromatic carbocycles. The summed E-state index contributed by atoms with van der Waals surface area (Å²) < 4.78 is 9.03. The van der Waals surface area contributed by atoms with Crippen LogP contribution in [0.5, 0.6) is 0 Å². The normalized spacial score (nSPS) is 9.17. The van der Waals surface area contributed by atoms with Crippen LogP contribution < -0.4 is 0 Å². The first-order valence-electron chi connectivity index (χ1n) is 6.05. The lowest BCUT2D eigenvalue weighted by atomic mass is 10.2. The molecule has 0 bridgehead atoms. The van der Waals surface area contributed by atoms with E-state index in [0.29, 0.717) is 0 Å². The Labute approximate surface area is 107 Å². The van der Waals surface area contributed by atoms with Crippen LogP contribution in [0, 0.1) is 0 Å². The molecule has 1 heterocycles. The zero-order valence-electron chi connectivity index (χ0n) is 10.6. The average Bonchev–Trinajstić information content (AvgIpc) is 2.92. The molecule has 0 amide bonds. The Bertz CT molecular complexity index is 288. The Kier molecular flexibility index (Phi) is 10.5. The number of carboxylic acid groups (broad SMARTS) is 1. The molecule has 0 radical (unpaired) electrons. The van der Waals surface area contributed by atoms with Crippen LogP contribution in [-0.4, -0.2) is 23.7 Å². The van der Waals surface area contributed by atoms with E-state index in [-0.39, 0.29) is 6.61 Å². The van der Waals surface area contributed by atoms with Crippen LogP contribution >= 0.6 is 0 Å². The second-order valence-corrected chi connectivity index (χ2v) is 3.65. The van der Waals surface area contributed by atoms with Crippen molar-refractivity contribution in [1.29, 1.82) is 0 Å². The van der Waals surface area contributed by atoms with Gasteiger partial charge in [0.1, 0.15) is 0 Å². The van der Waals surface area contributed by atoms with Crippen molar-refractivity contribution in [2.75, 3.05) is 6.61 Å². The molecule has 1 aromatic rings. The molecular formula is C13H20O5. The van der Waals surface area contributed by atoms with E-state index in [1.807, 2.05) is 12.1 Å². The van der Waals surface area contributed by atoms with Crippen LogP contribution in [-0.2, 0) is 14.3 Å². The van der Waals surface area contributed by atoms with Gasteiger partial charge >= 0.3 is 11.9 Å². The van der Waals surface area contributed by atoms with Crippen LogP contribution in [0.15, 0.2) is 29.1 Å². The van der Waals surface area contributed by atoms with Gasteiger partial charge in [0.25, 0.3) is 0 Å². The molecule has 1 N–H and O–H groups in total. The van der Waals surface area contributed by atoms with Crippen LogP contribution in [0.4, 0.5) is 0 Å². The summed E-state index contributed by atoms with van der Waals surface area (Å²) in [5.74, 6) is -2.68. The fourth-order valence-electron chi connectivity index (χ4n) is 1.16. The van der Waals surface area contributed by atoms with Crippen LogP contribution in [0.2, 0.25) is 0 Å². The number of carbonyl (C=O) groups is 2. The molecule has 0 aliphatic carbocycles. The van der Waals surface area contributed by atoms with E-state index in [2.05, 4.69) is 16.1 Å². The summed E-state index contributed by atoms with van der Waals surface area (Å²) in [6, 6.07) is 3.67. The van der Waals surface area contributed by atoms with E-state index in [4.69, 9.17) is 5.11 Å². The topological polar surface area (TPSA) is 76.7 Å². The quantitative estimate of drug-likeness (QED) is 0.481. The molecule has 0 aliphatic rings. The van der Waals surface area contributed by atoms with Crippen molar-refractivity contribution in [3.05, 3.63) is 24.7 Å². The molecule has 0 atom stereocenters. The van der Waals surface area contributed by atoms with Gasteiger partial charge < -0.3 is 14.3 Å². The molecule has 5 nitrogen and oxygen atoms in total. The van der Waals surface area contributed by atoms with Crippen LogP contribution in [0.3, 0.4) is 0 Å². The summed E-state index contributed by atoms with van der Waals surface area (Å²) in [4.78, 5) is 20.4. The molecule has 0 saturated heterocycles. The Hall–Kier alpha value is -1.78. The highest BCUT2D eigenvalue weighted by molar-refractivity contribution is 6.28. The Morgan fingerprint density at radius 3 is 2.17 bits per heavy atom. The van der Waals surface area contributed by atoms with E-state index >= 15 is 0 Å². The van der Waals surface area contributed by atoms with E-state index in [1.54, 1.807) is 12.5 Å². The summed E-state index contributed by atoms with van der Waals surface area (Å²) in [6.07, 6.45) is 8.43. The van der Waals surface area contributed by atoms with Gasteiger partial charge in [-0.25, -0.2) is 9.59 Å². The van der Waals surface area contributed by atoms with E-state index in [0.717, 1.165) is 25.7 Å². The zero-order chi connectivity index (χ0) is 13.6. The Morgan fingerprint density at radius 1 is 1.11 bits per heavy atom. The van der Waals surface area contributed by atoms with Crippen molar-refractivity contribution >= 4 is 11.9 Å². The molecule has 1 rings (SSSR count). The second kappa shape index (κ2) is 11.7. The number of ether oxygens (including phenoxy) is 1. The third kappa shape index (κ3) is 10.7. The number of unbranched alkanes of at least 4 members (excludes halogenated alkanes) is 4. The monoisotopic (exact) mass is 256 g/mol. The zero-order valence-corrected chi connectivity index (χ0v) is 10.6. The lowest BCUT2D eigenvalue weighted by Gasteiger charge is -2.00. The van der Waals surface area contributed by atoms with Gasteiger partial charge in [0, 0.05) is 0 Å². The Morgan fingerprint density at radius 2 is 1.72 bits per heavy atom. The summed E-state index contributed by atoms with van der Waals surface area (Å²) in [7, 11) is 0. The molecule has 0 unspecified atom stereocenters. The smallest absolute Gasteiger partial charge is 0.417 e. The number of furan rings is 1. The standard InChI is InChI=1S/C9H16O4.C4H4O/c1-2-3-4-5-6-7-13-9(12)8(10)11;1-2-4-5-3-1/h2-7H2,1H3,(H,10,11);1-4H. The Balaban J connectivity index is 0.000000473. The molecule has 18 heavy (non-hydrogen) atoms. The molecular weight excluding hydrogens is 236 g/mol. The molecule has 1 aromatic heterocycles. The van der Waals surface area contributed by atoms with Crippen molar-refractivity contribution in [3.63, 3.8) is 0 Å². The van der Waals surface area contributed by atoms with Crippen molar-refractivity contribution in [2.24, 2.45) is 0 Å². The van der Waals surface area contributed by atoms with Crippen molar-refractivity contribution in [1.82, 2.24) is 0 Å². The minimum absolute atomic E-state index is 0.217. The maximum absolute atomic E-state index is 10.4. The van der Waals surface area contributed by atoms with E-state index in [1.165, 1.54) is 6.42 Å². The fraction of sp³-hybridized carbons (Fsp3) is 0.538. The number of aliphatic carboxylic acids is 1. The average molecular weight is 256 g/mol. The number of esters is 1. The van der Waals surface area contributed by atoms with E-state index < -0.39 is 11.9 Å². The fourth-order valence-corrected chi connectivity index (χ4v) is 1.16. The van der Waals surface area contributed by atoms with E-state index in [9.17, 15) is 9.59 Å². The van der Waals surface area contributed by atoms with Crippen molar-refractivity contribution in [3.8, 4) is 0 Å². The van der Waals surface area contributed by atoms with Gasteiger partial charge in [-0.15, -0.1) is 0 Å². The van der Waals surface area contributed by atoms with Gasteiger partial charge in [0.15, 0.2) is 0 Å². The maximum atomic E-state index is 10.4. The predicted molar refractivity (Wildman–Crippen MR) is 66.1 cm³/mol. The third-order valence-electron chi connectivity index (χ3n) is 2.08. The van der Waals surface area contributed by atoms with Crippen molar-refractivity contribution in [2.45, 2.75) is 39.0 Å². The molecule has 0 saturated carbocycles. The highest BCUT2D eigenvalue weighted by Crippen LogP contribution is 2.02. The minimum Gasteiger partial charge on any atom is -0.473 e. The number of rotatable bonds is 6. The lowest BCUT2D eigenvalue weighted by Crippen LogP contribution is -2.16. The molecule has 0 spiro atoms. The van der Waals surface area contributed by atoms with Crippen LogP contribution in [0.1, 0.15) is 39.0 Å².